The van der Waals surface area contributed by atoms with E-state index in [1.807, 2.05) is 12.1 Å². The van der Waals surface area contributed by atoms with E-state index in [1.165, 1.54) is 11.1 Å². The third kappa shape index (κ3) is 5.80. The molecule has 5 rings (SSSR count). The number of terminal acetylenes is 1. The summed E-state index contributed by atoms with van der Waals surface area (Å²) in [5.41, 5.74) is 1.92. The minimum absolute atomic E-state index is 0.0980. The maximum absolute atomic E-state index is 14.0. The zero-order valence-corrected chi connectivity index (χ0v) is 22.4. The Labute approximate surface area is 227 Å². The number of piperidine rings is 2. The first-order valence-electron chi connectivity index (χ1n) is 14.2. The van der Waals surface area contributed by atoms with Gasteiger partial charge in [0.1, 0.15) is 5.54 Å². The quantitative estimate of drug-likeness (QED) is 0.509. The number of piperazine rings is 1. The van der Waals surface area contributed by atoms with Gasteiger partial charge in [0.25, 0.3) is 0 Å². The zero-order chi connectivity index (χ0) is 26.4. The fourth-order valence-electron chi connectivity index (χ4n) is 6.59. The third-order valence-corrected chi connectivity index (χ3v) is 8.68. The van der Waals surface area contributed by atoms with Crippen LogP contribution in [0.1, 0.15) is 43.2 Å². The van der Waals surface area contributed by atoms with Gasteiger partial charge in [0.15, 0.2) is 0 Å². The third-order valence-electron chi connectivity index (χ3n) is 8.68. The van der Waals surface area contributed by atoms with Crippen molar-refractivity contribution in [1.29, 1.82) is 0 Å². The van der Waals surface area contributed by atoms with Gasteiger partial charge in [0, 0.05) is 58.3 Å². The second-order valence-corrected chi connectivity index (χ2v) is 11.0. The van der Waals surface area contributed by atoms with E-state index in [0.717, 1.165) is 58.5 Å². The van der Waals surface area contributed by atoms with Gasteiger partial charge in [-0.3, -0.25) is 14.5 Å². The highest BCUT2D eigenvalue weighted by Gasteiger charge is 2.55. The Morgan fingerprint density at radius 2 is 1.45 bits per heavy atom. The van der Waals surface area contributed by atoms with Crippen LogP contribution in [0.2, 0.25) is 0 Å². The summed E-state index contributed by atoms with van der Waals surface area (Å²) in [5.74, 6) is 2.86. The van der Waals surface area contributed by atoms with E-state index in [1.54, 1.807) is 4.90 Å². The number of likely N-dealkylation sites (tertiary alicyclic amines) is 2. The minimum atomic E-state index is -0.737. The molecule has 2 aromatic carbocycles. The molecular formula is C32H40N4O2. The van der Waals surface area contributed by atoms with Crippen molar-refractivity contribution in [3.05, 3.63) is 71.8 Å². The molecular weight excluding hydrogens is 472 g/mol. The molecule has 2 amide bonds. The van der Waals surface area contributed by atoms with Crippen molar-refractivity contribution in [2.75, 3.05) is 45.8 Å². The molecule has 200 valence electrons. The average molecular weight is 513 g/mol. The number of carbonyl (C=O) groups excluding carboxylic acids is 2. The van der Waals surface area contributed by atoms with Crippen LogP contribution in [0.15, 0.2) is 60.7 Å². The van der Waals surface area contributed by atoms with E-state index in [-0.39, 0.29) is 24.4 Å². The first kappa shape index (κ1) is 26.5. The van der Waals surface area contributed by atoms with Gasteiger partial charge >= 0.3 is 0 Å². The molecule has 1 spiro atoms. The molecule has 0 atom stereocenters. The molecule has 0 bridgehead atoms. The van der Waals surface area contributed by atoms with Gasteiger partial charge in [-0.1, -0.05) is 60.7 Å². The molecule has 0 aliphatic carbocycles. The summed E-state index contributed by atoms with van der Waals surface area (Å²) >= 11 is 0. The molecule has 0 saturated carbocycles. The zero-order valence-electron chi connectivity index (χ0n) is 22.4. The van der Waals surface area contributed by atoms with Gasteiger partial charge < -0.3 is 14.7 Å². The maximum Gasteiger partial charge on any atom is 0.249 e. The topological polar surface area (TPSA) is 47.1 Å². The Hall–Kier alpha value is -3.14. The van der Waals surface area contributed by atoms with Crippen molar-refractivity contribution < 1.29 is 9.59 Å². The van der Waals surface area contributed by atoms with E-state index in [0.29, 0.717) is 25.8 Å². The number of benzene rings is 2. The molecule has 2 aromatic rings. The number of nitrogens with zero attached hydrogens (tertiary/aromatic N) is 4. The molecule has 3 aliphatic heterocycles. The van der Waals surface area contributed by atoms with Gasteiger partial charge in [-0.05, 0) is 43.2 Å². The average Bonchev–Trinajstić information content (AvgIpc) is 2.96. The van der Waals surface area contributed by atoms with Gasteiger partial charge in [-0.25, -0.2) is 0 Å². The lowest BCUT2D eigenvalue weighted by Crippen LogP contribution is -2.73. The summed E-state index contributed by atoms with van der Waals surface area (Å²) in [6.45, 7) is 6.07. The molecule has 38 heavy (non-hydrogen) atoms. The van der Waals surface area contributed by atoms with Crippen LogP contribution in [-0.4, -0.2) is 88.8 Å². The first-order chi connectivity index (χ1) is 18.6. The normalized spacial score (nSPS) is 21.1. The van der Waals surface area contributed by atoms with Crippen LogP contribution >= 0.6 is 0 Å². The molecule has 3 fully saturated rings. The van der Waals surface area contributed by atoms with Crippen LogP contribution in [0.5, 0.6) is 0 Å². The predicted octanol–water partition coefficient (Wildman–Crippen LogP) is 3.42. The van der Waals surface area contributed by atoms with Crippen molar-refractivity contribution >= 4 is 11.8 Å². The molecule has 0 radical (unpaired) electrons. The second-order valence-electron chi connectivity index (χ2n) is 11.0. The molecule has 6 heteroatoms. The highest BCUT2D eigenvalue weighted by atomic mass is 16.2. The lowest BCUT2D eigenvalue weighted by atomic mass is 9.79. The largest absolute Gasteiger partial charge is 0.330 e. The summed E-state index contributed by atoms with van der Waals surface area (Å²) in [4.78, 5) is 36.5. The molecule has 6 nitrogen and oxygen atoms in total. The number of carbonyl (C=O) groups is 2. The van der Waals surface area contributed by atoms with Crippen LogP contribution in [0.4, 0.5) is 0 Å². The fraction of sp³-hybridized carbons (Fsp3) is 0.500. The van der Waals surface area contributed by atoms with Crippen LogP contribution in [0.25, 0.3) is 0 Å². The lowest BCUT2D eigenvalue weighted by Gasteiger charge is -2.56. The van der Waals surface area contributed by atoms with Crippen molar-refractivity contribution in [1.82, 2.24) is 19.6 Å². The van der Waals surface area contributed by atoms with Crippen molar-refractivity contribution in [2.45, 2.75) is 56.7 Å². The van der Waals surface area contributed by atoms with Crippen molar-refractivity contribution in [3.63, 3.8) is 0 Å². The monoisotopic (exact) mass is 512 g/mol. The highest BCUT2D eigenvalue weighted by Crippen LogP contribution is 2.38. The van der Waals surface area contributed by atoms with Crippen molar-refractivity contribution in [3.8, 4) is 12.3 Å². The number of hydrogen-bond donors (Lipinski definition) is 0. The predicted molar refractivity (Wildman–Crippen MR) is 150 cm³/mol. The second kappa shape index (κ2) is 12.1. The smallest absolute Gasteiger partial charge is 0.249 e. The number of rotatable bonds is 8. The number of hydrogen-bond acceptors (Lipinski definition) is 4. The molecule has 3 heterocycles. The molecule has 0 unspecified atom stereocenters. The Bertz CT molecular complexity index is 1110. The van der Waals surface area contributed by atoms with Crippen LogP contribution < -0.4 is 0 Å². The Morgan fingerprint density at radius 1 is 0.816 bits per heavy atom. The lowest BCUT2D eigenvalue weighted by molar-refractivity contribution is -0.174. The SMILES string of the molecule is C#CCCN1CC(=O)N(C2CCN(Cc3ccccc3)CC2)C2(CCN(CCc3ccccc3)CC2)C1=O. The number of amides is 2. The summed E-state index contributed by atoms with van der Waals surface area (Å²) in [6.07, 6.45) is 10.2. The Kier molecular flexibility index (Phi) is 8.46. The van der Waals surface area contributed by atoms with Crippen LogP contribution in [0.3, 0.4) is 0 Å². The van der Waals surface area contributed by atoms with Gasteiger partial charge in [-0.15, -0.1) is 12.3 Å². The molecule has 3 saturated heterocycles. The standard InChI is InChI=1S/C32H40N4O2/c1-2-3-19-35-26-30(37)36(29-15-21-34(22-16-29)25-28-12-8-5-9-13-28)32(31(35)38)17-23-33(24-18-32)20-14-27-10-6-4-7-11-27/h1,4-13,29H,3,14-26H2. The van der Waals surface area contributed by atoms with E-state index >= 15 is 0 Å². The highest BCUT2D eigenvalue weighted by molar-refractivity contribution is 5.98. The first-order valence-corrected chi connectivity index (χ1v) is 14.2. The maximum atomic E-state index is 14.0. The van der Waals surface area contributed by atoms with Gasteiger partial charge in [0.05, 0.1) is 6.54 Å². The van der Waals surface area contributed by atoms with E-state index in [9.17, 15) is 9.59 Å². The van der Waals surface area contributed by atoms with Gasteiger partial charge in [-0.2, -0.15) is 0 Å². The summed E-state index contributed by atoms with van der Waals surface area (Å²) in [7, 11) is 0. The van der Waals surface area contributed by atoms with E-state index in [2.05, 4.69) is 69.2 Å². The molecule has 3 aliphatic rings. The summed E-state index contributed by atoms with van der Waals surface area (Å²) < 4.78 is 0. The Morgan fingerprint density at radius 3 is 2.08 bits per heavy atom. The van der Waals surface area contributed by atoms with E-state index < -0.39 is 5.54 Å². The van der Waals surface area contributed by atoms with E-state index in [4.69, 9.17) is 6.42 Å². The van der Waals surface area contributed by atoms with Gasteiger partial charge in [0.2, 0.25) is 11.8 Å². The van der Waals surface area contributed by atoms with Crippen molar-refractivity contribution in [2.24, 2.45) is 0 Å². The minimum Gasteiger partial charge on any atom is -0.330 e. The molecule has 0 N–H and O–H groups in total. The summed E-state index contributed by atoms with van der Waals surface area (Å²) in [5, 5.41) is 0. The van der Waals surface area contributed by atoms with Crippen LogP contribution in [-0.2, 0) is 22.6 Å². The Balaban J connectivity index is 1.27. The molecule has 0 aromatic heterocycles. The van der Waals surface area contributed by atoms with Crippen LogP contribution in [0, 0.1) is 12.3 Å². The summed E-state index contributed by atoms with van der Waals surface area (Å²) in [6, 6.07) is 21.2. The fourth-order valence-corrected chi connectivity index (χ4v) is 6.59.